The fraction of sp³-hybridized carbons (Fsp3) is 0.375. The fourth-order valence-corrected chi connectivity index (χ4v) is 1.01. The Labute approximate surface area is 65.2 Å². The minimum absolute atomic E-state index is 0.0872. The third-order valence-electron chi connectivity index (χ3n) is 1.82. The molecule has 3 nitrogen and oxygen atoms in total. The molecule has 1 aromatic rings. The van der Waals surface area contributed by atoms with E-state index in [0.29, 0.717) is 6.54 Å². The Bertz CT molecular complexity index is 314. The maximum Gasteiger partial charge on any atom is 0.187 e. The van der Waals surface area contributed by atoms with Crippen molar-refractivity contribution in [2.24, 2.45) is 5.73 Å². The van der Waals surface area contributed by atoms with Crippen molar-refractivity contribution in [1.29, 1.82) is 0 Å². The van der Waals surface area contributed by atoms with Gasteiger partial charge in [0.25, 0.3) is 0 Å². The molecule has 0 saturated heterocycles. The van der Waals surface area contributed by atoms with E-state index in [1.165, 1.54) is 0 Å². The molecule has 0 bridgehead atoms. The van der Waals surface area contributed by atoms with Crippen molar-refractivity contribution in [2.45, 2.75) is 20.4 Å². The van der Waals surface area contributed by atoms with Gasteiger partial charge in [0.1, 0.15) is 0 Å². The first kappa shape index (κ1) is 8.01. The van der Waals surface area contributed by atoms with Gasteiger partial charge in [-0.3, -0.25) is 4.79 Å². The molecule has 1 heterocycles. The summed E-state index contributed by atoms with van der Waals surface area (Å²) in [6.45, 7) is 3.96. The van der Waals surface area contributed by atoms with Crippen LogP contribution in [-0.4, -0.2) is 4.98 Å². The third kappa shape index (κ3) is 1.33. The fourth-order valence-electron chi connectivity index (χ4n) is 1.01. The average molecular weight is 152 g/mol. The Balaban J connectivity index is 3.37. The van der Waals surface area contributed by atoms with Gasteiger partial charge in [-0.25, -0.2) is 0 Å². The van der Waals surface area contributed by atoms with Crippen molar-refractivity contribution in [1.82, 2.24) is 4.98 Å². The normalized spacial score (nSPS) is 10.1. The molecular weight excluding hydrogens is 140 g/mol. The van der Waals surface area contributed by atoms with Crippen LogP contribution in [0.15, 0.2) is 11.0 Å². The SMILES string of the molecule is Cc1c[nH]c(CN)c(C)c1=O. The first-order valence-electron chi connectivity index (χ1n) is 3.54. The van der Waals surface area contributed by atoms with Gasteiger partial charge >= 0.3 is 0 Å². The average Bonchev–Trinajstić information content (AvgIpc) is 2.01. The molecule has 1 rings (SSSR count). The number of aryl methyl sites for hydroxylation is 1. The van der Waals surface area contributed by atoms with E-state index in [4.69, 9.17) is 5.73 Å². The smallest absolute Gasteiger partial charge is 0.187 e. The second-order valence-electron chi connectivity index (χ2n) is 2.61. The Morgan fingerprint density at radius 1 is 1.55 bits per heavy atom. The molecule has 0 aliphatic rings. The number of hydrogen-bond donors (Lipinski definition) is 2. The number of nitrogens with one attached hydrogen (secondary N) is 1. The van der Waals surface area contributed by atoms with E-state index in [0.717, 1.165) is 16.8 Å². The van der Waals surface area contributed by atoms with Crippen LogP contribution < -0.4 is 11.2 Å². The lowest BCUT2D eigenvalue weighted by Crippen LogP contribution is -2.15. The number of aromatic amines is 1. The topological polar surface area (TPSA) is 58.9 Å². The molecule has 0 spiro atoms. The highest BCUT2D eigenvalue weighted by atomic mass is 16.1. The number of aromatic nitrogens is 1. The molecule has 0 radical (unpaired) electrons. The first-order valence-corrected chi connectivity index (χ1v) is 3.54. The third-order valence-corrected chi connectivity index (χ3v) is 1.82. The van der Waals surface area contributed by atoms with E-state index in [1.807, 2.05) is 0 Å². The molecule has 1 aromatic heterocycles. The van der Waals surface area contributed by atoms with Gasteiger partial charge in [-0.1, -0.05) is 0 Å². The Kier molecular flexibility index (Phi) is 2.10. The number of rotatable bonds is 1. The summed E-state index contributed by atoms with van der Waals surface area (Å²) in [5.41, 5.74) is 7.77. The molecule has 3 N–H and O–H groups in total. The van der Waals surface area contributed by atoms with Gasteiger partial charge in [0.05, 0.1) is 0 Å². The van der Waals surface area contributed by atoms with Crippen molar-refractivity contribution in [2.75, 3.05) is 0 Å². The van der Waals surface area contributed by atoms with E-state index in [1.54, 1.807) is 20.0 Å². The van der Waals surface area contributed by atoms with E-state index in [9.17, 15) is 4.79 Å². The van der Waals surface area contributed by atoms with E-state index in [2.05, 4.69) is 4.98 Å². The van der Waals surface area contributed by atoms with Crippen LogP contribution in [0.5, 0.6) is 0 Å². The highest BCUT2D eigenvalue weighted by molar-refractivity contribution is 5.23. The summed E-state index contributed by atoms with van der Waals surface area (Å²) >= 11 is 0. The first-order chi connectivity index (χ1) is 5.16. The molecule has 3 heteroatoms. The van der Waals surface area contributed by atoms with Crippen LogP contribution in [0.4, 0.5) is 0 Å². The standard InChI is InChI=1S/C8H12N2O/c1-5-4-10-7(3-9)6(2)8(5)11/h4H,3,9H2,1-2H3,(H,10,11). The Hall–Kier alpha value is -1.09. The van der Waals surface area contributed by atoms with Gasteiger partial charge in [0, 0.05) is 29.6 Å². The largest absolute Gasteiger partial charge is 0.363 e. The zero-order chi connectivity index (χ0) is 8.43. The van der Waals surface area contributed by atoms with Gasteiger partial charge in [0.15, 0.2) is 5.43 Å². The predicted octanol–water partition coefficient (Wildman–Crippen LogP) is 0.450. The monoisotopic (exact) mass is 152 g/mol. The number of H-pyrrole nitrogens is 1. The maximum absolute atomic E-state index is 11.3. The maximum atomic E-state index is 11.3. The molecule has 0 atom stereocenters. The molecule has 11 heavy (non-hydrogen) atoms. The van der Waals surface area contributed by atoms with E-state index >= 15 is 0 Å². The zero-order valence-corrected chi connectivity index (χ0v) is 6.77. The highest BCUT2D eigenvalue weighted by Crippen LogP contribution is 1.98. The van der Waals surface area contributed by atoms with E-state index < -0.39 is 0 Å². The van der Waals surface area contributed by atoms with Crippen molar-refractivity contribution in [3.8, 4) is 0 Å². The van der Waals surface area contributed by atoms with Crippen LogP contribution in [0.25, 0.3) is 0 Å². The van der Waals surface area contributed by atoms with Crippen molar-refractivity contribution >= 4 is 0 Å². The van der Waals surface area contributed by atoms with Crippen LogP contribution in [-0.2, 0) is 6.54 Å². The zero-order valence-electron chi connectivity index (χ0n) is 6.77. The molecule has 0 unspecified atom stereocenters. The van der Waals surface area contributed by atoms with Crippen LogP contribution in [0.2, 0.25) is 0 Å². The van der Waals surface area contributed by atoms with Crippen molar-refractivity contribution in [3.05, 3.63) is 33.2 Å². The van der Waals surface area contributed by atoms with Gasteiger partial charge in [-0.15, -0.1) is 0 Å². The lowest BCUT2D eigenvalue weighted by atomic mass is 10.1. The summed E-state index contributed by atoms with van der Waals surface area (Å²) in [6, 6.07) is 0. The summed E-state index contributed by atoms with van der Waals surface area (Å²) in [4.78, 5) is 14.2. The molecular formula is C8H12N2O. The number of nitrogens with two attached hydrogens (primary N) is 1. The minimum atomic E-state index is 0.0872. The second-order valence-corrected chi connectivity index (χ2v) is 2.61. The van der Waals surface area contributed by atoms with Crippen molar-refractivity contribution < 1.29 is 0 Å². The predicted molar refractivity (Wildman–Crippen MR) is 44.4 cm³/mol. The Morgan fingerprint density at radius 3 is 2.73 bits per heavy atom. The minimum Gasteiger partial charge on any atom is -0.363 e. The molecule has 0 aliphatic heterocycles. The summed E-state index contributed by atoms with van der Waals surface area (Å²) in [5, 5.41) is 0. The van der Waals surface area contributed by atoms with Crippen LogP contribution in [0, 0.1) is 13.8 Å². The molecule has 0 aliphatic carbocycles. The number of hydrogen-bond acceptors (Lipinski definition) is 2. The number of pyridine rings is 1. The molecule has 60 valence electrons. The van der Waals surface area contributed by atoms with Crippen LogP contribution in [0.1, 0.15) is 16.8 Å². The quantitative estimate of drug-likeness (QED) is 0.613. The molecule has 0 saturated carbocycles. The van der Waals surface area contributed by atoms with E-state index in [-0.39, 0.29) is 5.43 Å². The molecule has 0 amide bonds. The van der Waals surface area contributed by atoms with Crippen LogP contribution in [0.3, 0.4) is 0 Å². The summed E-state index contributed by atoms with van der Waals surface area (Å²) in [5.74, 6) is 0. The van der Waals surface area contributed by atoms with Crippen LogP contribution >= 0.6 is 0 Å². The lowest BCUT2D eigenvalue weighted by molar-refractivity contribution is 0.952. The van der Waals surface area contributed by atoms with Gasteiger partial charge in [0.2, 0.25) is 0 Å². The second kappa shape index (κ2) is 2.88. The summed E-state index contributed by atoms with van der Waals surface area (Å²) in [7, 11) is 0. The summed E-state index contributed by atoms with van der Waals surface area (Å²) in [6.07, 6.45) is 1.69. The molecule has 0 aromatic carbocycles. The van der Waals surface area contributed by atoms with Gasteiger partial charge in [-0.05, 0) is 13.8 Å². The van der Waals surface area contributed by atoms with Gasteiger partial charge in [-0.2, -0.15) is 0 Å². The summed E-state index contributed by atoms with van der Waals surface area (Å²) < 4.78 is 0. The highest BCUT2D eigenvalue weighted by Gasteiger charge is 2.01. The lowest BCUT2D eigenvalue weighted by Gasteiger charge is -2.02. The van der Waals surface area contributed by atoms with Gasteiger partial charge < -0.3 is 10.7 Å². The molecule has 0 fully saturated rings. The van der Waals surface area contributed by atoms with Crippen molar-refractivity contribution in [3.63, 3.8) is 0 Å². The Morgan fingerprint density at radius 2 is 2.18 bits per heavy atom.